The van der Waals surface area contributed by atoms with Gasteiger partial charge in [0.2, 0.25) is 17.7 Å². The van der Waals surface area contributed by atoms with Gasteiger partial charge < -0.3 is 9.32 Å². The zero-order valence-corrected chi connectivity index (χ0v) is 15.3. The molecule has 5 nitrogen and oxygen atoms in total. The Morgan fingerprint density at radius 2 is 1.89 bits per heavy atom. The molecule has 4 rings (SSSR count). The molecule has 0 N–H and O–H groups in total. The van der Waals surface area contributed by atoms with Gasteiger partial charge in [0.15, 0.2) is 0 Å². The highest BCUT2D eigenvalue weighted by atomic mass is 19.1. The summed E-state index contributed by atoms with van der Waals surface area (Å²) in [5.74, 6) is 0.552. The lowest BCUT2D eigenvalue weighted by molar-refractivity contribution is -0.127. The lowest BCUT2D eigenvalue weighted by Gasteiger charge is -2.30. The van der Waals surface area contributed by atoms with Crippen molar-refractivity contribution in [3.63, 3.8) is 0 Å². The van der Waals surface area contributed by atoms with Gasteiger partial charge in [-0.15, -0.1) is 10.2 Å². The van der Waals surface area contributed by atoms with E-state index in [1.165, 1.54) is 12.1 Å². The minimum absolute atomic E-state index is 0.00419. The van der Waals surface area contributed by atoms with Crippen LogP contribution in [0.2, 0.25) is 0 Å². The van der Waals surface area contributed by atoms with E-state index in [0.29, 0.717) is 30.4 Å². The molecule has 1 saturated heterocycles. The first-order valence-electron chi connectivity index (χ1n) is 9.30. The van der Waals surface area contributed by atoms with Gasteiger partial charge in [0.25, 0.3) is 0 Å². The van der Waals surface area contributed by atoms with Crippen molar-refractivity contribution in [3.8, 4) is 11.5 Å². The molecule has 1 aromatic heterocycles. The van der Waals surface area contributed by atoms with Gasteiger partial charge in [-0.3, -0.25) is 4.79 Å². The van der Waals surface area contributed by atoms with E-state index < -0.39 is 0 Å². The van der Waals surface area contributed by atoms with E-state index in [4.69, 9.17) is 4.42 Å². The molecule has 2 heterocycles. The van der Waals surface area contributed by atoms with Crippen molar-refractivity contribution in [1.82, 2.24) is 15.1 Å². The van der Waals surface area contributed by atoms with Crippen molar-refractivity contribution in [2.24, 2.45) is 0 Å². The standard InChI is InChI=1S/C22H20FN3O2/c23-19-11-9-17(10-12-19)21-24-25-22(28-21)18-7-4-14-26(15-18)20(27)13-8-16-5-2-1-3-6-16/h1-3,5-6,8-13,18H,4,7,14-15H2/b13-8+. The van der Waals surface area contributed by atoms with Crippen LogP contribution < -0.4 is 0 Å². The van der Waals surface area contributed by atoms with Crippen molar-refractivity contribution in [2.75, 3.05) is 13.1 Å². The highest BCUT2D eigenvalue weighted by Gasteiger charge is 2.27. The molecule has 0 spiro atoms. The third-order valence-corrected chi connectivity index (χ3v) is 4.83. The topological polar surface area (TPSA) is 59.2 Å². The Morgan fingerprint density at radius 3 is 2.68 bits per heavy atom. The molecule has 0 saturated carbocycles. The number of likely N-dealkylation sites (tertiary alicyclic amines) is 1. The van der Waals surface area contributed by atoms with E-state index in [-0.39, 0.29) is 17.6 Å². The van der Waals surface area contributed by atoms with E-state index in [1.807, 2.05) is 41.3 Å². The van der Waals surface area contributed by atoms with Crippen LogP contribution in [-0.2, 0) is 4.79 Å². The van der Waals surface area contributed by atoms with Gasteiger partial charge in [-0.2, -0.15) is 0 Å². The molecule has 0 aliphatic carbocycles. The SMILES string of the molecule is O=C(/C=C/c1ccccc1)N1CCCC(c2nnc(-c3ccc(F)cc3)o2)C1. The Kier molecular flexibility index (Phi) is 5.28. The maximum atomic E-state index is 13.1. The minimum Gasteiger partial charge on any atom is -0.420 e. The quantitative estimate of drug-likeness (QED) is 0.636. The summed E-state index contributed by atoms with van der Waals surface area (Å²) in [6.45, 7) is 1.26. The maximum Gasteiger partial charge on any atom is 0.247 e. The van der Waals surface area contributed by atoms with Gasteiger partial charge in [0, 0.05) is 24.7 Å². The monoisotopic (exact) mass is 377 g/mol. The second-order valence-corrected chi connectivity index (χ2v) is 6.82. The average molecular weight is 377 g/mol. The van der Waals surface area contributed by atoms with Gasteiger partial charge >= 0.3 is 0 Å². The Balaban J connectivity index is 1.43. The fourth-order valence-corrected chi connectivity index (χ4v) is 3.32. The number of benzene rings is 2. The summed E-state index contributed by atoms with van der Waals surface area (Å²) < 4.78 is 18.9. The third kappa shape index (κ3) is 4.17. The number of carbonyl (C=O) groups is 1. The molecule has 28 heavy (non-hydrogen) atoms. The Bertz CT molecular complexity index is 967. The first-order valence-corrected chi connectivity index (χ1v) is 9.30. The van der Waals surface area contributed by atoms with Crippen LogP contribution >= 0.6 is 0 Å². The highest BCUT2D eigenvalue weighted by molar-refractivity contribution is 5.91. The number of aromatic nitrogens is 2. The number of hydrogen-bond donors (Lipinski definition) is 0. The van der Waals surface area contributed by atoms with Crippen LogP contribution in [0.3, 0.4) is 0 Å². The molecule has 1 aliphatic heterocycles. The first kappa shape index (κ1) is 18.1. The normalized spacial score (nSPS) is 17.2. The summed E-state index contributed by atoms with van der Waals surface area (Å²) in [7, 11) is 0. The number of halogens is 1. The summed E-state index contributed by atoms with van der Waals surface area (Å²) >= 11 is 0. The third-order valence-electron chi connectivity index (χ3n) is 4.83. The lowest BCUT2D eigenvalue weighted by atomic mass is 9.98. The van der Waals surface area contributed by atoms with E-state index >= 15 is 0 Å². The van der Waals surface area contributed by atoms with Crippen LogP contribution in [0.15, 0.2) is 65.1 Å². The second-order valence-electron chi connectivity index (χ2n) is 6.82. The van der Waals surface area contributed by atoms with Gasteiger partial charge in [0.1, 0.15) is 5.82 Å². The molecule has 3 aromatic rings. The lowest BCUT2D eigenvalue weighted by Crippen LogP contribution is -2.38. The zero-order chi connectivity index (χ0) is 19.3. The number of rotatable bonds is 4. The molecule has 1 aliphatic rings. The number of amides is 1. The molecule has 1 fully saturated rings. The predicted molar refractivity (Wildman–Crippen MR) is 104 cm³/mol. The van der Waals surface area contributed by atoms with Crippen LogP contribution in [0.25, 0.3) is 17.5 Å². The van der Waals surface area contributed by atoms with E-state index in [9.17, 15) is 9.18 Å². The number of nitrogens with zero attached hydrogens (tertiary/aromatic N) is 3. The first-order chi connectivity index (χ1) is 13.7. The number of hydrogen-bond acceptors (Lipinski definition) is 4. The summed E-state index contributed by atoms with van der Waals surface area (Å²) in [5, 5.41) is 8.24. The summed E-state index contributed by atoms with van der Waals surface area (Å²) in [6.07, 6.45) is 5.20. The maximum absolute atomic E-state index is 13.1. The fraction of sp³-hybridized carbons (Fsp3) is 0.227. The van der Waals surface area contributed by atoms with E-state index in [0.717, 1.165) is 18.4 Å². The van der Waals surface area contributed by atoms with Crippen molar-refractivity contribution >= 4 is 12.0 Å². The molecule has 1 unspecified atom stereocenters. The molecular weight excluding hydrogens is 357 g/mol. The molecule has 0 bridgehead atoms. The molecule has 0 radical (unpaired) electrons. The largest absolute Gasteiger partial charge is 0.420 e. The number of piperidine rings is 1. The van der Waals surface area contributed by atoms with Gasteiger partial charge in [0.05, 0.1) is 5.92 Å². The molecule has 6 heteroatoms. The fourth-order valence-electron chi connectivity index (χ4n) is 3.32. The summed E-state index contributed by atoms with van der Waals surface area (Å²) in [6, 6.07) is 15.7. The van der Waals surface area contributed by atoms with Crippen molar-refractivity contribution in [1.29, 1.82) is 0 Å². The van der Waals surface area contributed by atoms with Crippen molar-refractivity contribution in [2.45, 2.75) is 18.8 Å². The smallest absolute Gasteiger partial charge is 0.247 e. The summed E-state index contributed by atoms with van der Waals surface area (Å²) in [5.41, 5.74) is 1.67. The van der Waals surface area contributed by atoms with Crippen molar-refractivity contribution in [3.05, 3.63) is 77.9 Å². The van der Waals surface area contributed by atoms with Crippen LogP contribution in [0.4, 0.5) is 4.39 Å². The van der Waals surface area contributed by atoms with Gasteiger partial charge in [-0.1, -0.05) is 30.3 Å². The Morgan fingerprint density at radius 1 is 1.11 bits per heavy atom. The van der Waals surface area contributed by atoms with Crippen molar-refractivity contribution < 1.29 is 13.6 Å². The van der Waals surface area contributed by atoms with E-state index in [2.05, 4.69) is 10.2 Å². The van der Waals surface area contributed by atoms with Crippen LogP contribution in [0.1, 0.15) is 30.2 Å². The average Bonchev–Trinajstić information content (AvgIpc) is 3.24. The van der Waals surface area contributed by atoms with E-state index in [1.54, 1.807) is 18.2 Å². The number of carbonyl (C=O) groups excluding carboxylic acids is 1. The predicted octanol–water partition coefficient (Wildman–Crippen LogP) is 4.30. The zero-order valence-electron chi connectivity index (χ0n) is 15.3. The van der Waals surface area contributed by atoms with Crippen LogP contribution in [0, 0.1) is 5.82 Å². The molecule has 1 atom stereocenters. The molecule has 2 aromatic carbocycles. The van der Waals surface area contributed by atoms with Crippen LogP contribution in [-0.4, -0.2) is 34.1 Å². The van der Waals surface area contributed by atoms with Crippen LogP contribution in [0.5, 0.6) is 0 Å². The second kappa shape index (κ2) is 8.17. The van der Waals surface area contributed by atoms with Gasteiger partial charge in [-0.05, 0) is 48.7 Å². The Labute approximate surface area is 162 Å². The minimum atomic E-state index is -0.312. The molecule has 1 amide bonds. The molecule has 142 valence electrons. The highest BCUT2D eigenvalue weighted by Crippen LogP contribution is 2.28. The van der Waals surface area contributed by atoms with Gasteiger partial charge in [-0.25, -0.2) is 4.39 Å². The molecular formula is C22H20FN3O2. The Hall–Kier alpha value is -3.28. The summed E-state index contributed by atoms with van der Waals surface area (Å²) in [4.78, 5) is 14.4.